The summed E-state index contributed by atoms with van der Waals surface area (Å²) in [6.45, 7) is -2.14. The first-order valence-electron chi connectivity index (χ1n) is 9.14. The first-order valence-corrected chi connectivity index (χ1v) is 9.95. The Kier molecular flexibility index (Phi) is 7.35. The highest BCUT2D eigenvalue weighted by Crippen LogP contribution is 2.49. The molecule has 1 nitrogen and oxygen atoms in total. The van der Waals surface area contributed by atoms with E-state index in [9.17, 15) is 65.9 Å². The van der Waals surface area contributed by atoms with Gasteiger partial charge in [0, 0.05) is 16.7 Å². The second kappa shape index (κ2) is 9.59. The van der Waals surface area contributed by atoms with Crippen molar-refractivity contribution in [1.82, 2.24) is 0 Å². The second-order valence-electron chi connectivity index (χ2n) is 7.17. The van der Waals surface area contributed by atoms with Crippen LogP contribution in [-0.4, -0.2) is 17.1 Å². The van der Waals surface area contributed by atoms with E-state index in [0.717, 1.165) is 0 Å². The molecule has 17 heteroatoms. The van der Waals surface area contributed by atoms with E-state index in [4.69, 9.17) is 0 Å². The summed E-state index contributed by atoms with van der Waals surface area (Å²) in [7, 11) is -0.825. The van der Waals surface area contributed by atoms with Crippen LogP contribution in [0.5, 0.6) is 0 Å². The molecule has 0 saturated carbocycles. The molecule has 37 heavy (non-hydrogen) atoms. The van der Waals surface area contributed by atoms with Crippen LogP contribution in [0.2, 0.25) is 0 Å². The number of rotatable bonds is 5. The molecule has 0 spiro atoms. The number of hydrogen-bond acceptors (Lipinski definition) is 1. The van der Waals surface area contributed by atoms with Crippen LogP contribution >= 0.6 is 0 Å². The molecule has 0 bridgehead atoms. The number of halogens is 15. The van der Waals surface area contributed by atoms with Crippen LogP contribution in [0.3, 0.4) is 0 Å². The Labute approximate surface area is 197 Å². The molecule has 0 unspecified atom stereocenters. The van der Waals surface area contributed by atoms with Gasteiger partial charge in [0.05, 0.1) is 12.0 Å². The maximum Gasteiger partial charge on any atom is 0.200 e. The van der Waals surface area contributed by atoms with E-state index in [1.807, 2.05) is 0 Å². The third-order valence-electron chi connectivity index (χ3n) is 5.27. The maximum absolute atomic E-state index is 14.9. The lowest BCUT2D eigenvalue weighted by Crippen LogP contribution is -2.42. The molecule has 0 aliphatic carbocycles. The molecule has 3 aromatic rings. The zero-order valence-electron chi connectivity index (χ0n) is 17.3. The van der Waals surface area contributed by atoms with E-state index in [2.05, 4.69) is 4.43 Å². The summed E-state index contributed by atoms with van der Waals surface area (Å²) in [5.41, 5.74) is -12.8. The Hall–Kier alpha value is -3.21. The lowest BCUT2D eigenvalue weighted by Gasteiger charge is -2.36. The first-order chi connectivity index (χ1) is 17.1. The predicted octanol–water partition coefficient (Wildman–Crippen LogP) is 5.40. The largest absolute Gasteiger partial charge is 0.426 e. The van der Waals surface area contributed by atoms with Gasteiger partial charge < -0.3 is 4.43 Å². The normalized spacial score (nSPS) is 12.1. The lowest BCUT2D eigenvalue weighted by molar-refractivity contribution is 0.241. The van der Waals surface area contributed by atoms with Gasteiger partial charge in [-0.25, -0.2) is 65.9 Å². The molecular formula is C20H5F15OSi. The molecule has 200 valence electrons. The quantitative estimate of drug-likeness (QED) is 0.130. The summed E-state index contributed by atoms with van der Waals surface area (Å²) < 4.78 is 219. The highest BCUT2D eigenvalue weighted by molar-refractivity contribution is 5.98. The average molecular weight is 574 g/mol. The van der Waals surface area contributed by atoms with Crippen LogP contribution in [0.15, 0.2) is 0 Å². The molecule has 3 aromatic carbocycles. The van der Waals surface area contributed by atoms with E-state index in [1.54, 1.807) is 0 Å². The van der Waals surface area contributed by atoms with Gasteiger partial charge in [-0.2, -0.15) is 0 Å². The van der Waals surface area contributed by atoms with Crippen LogP contribution in [0.4, 0.5) is 65.9 Å². The molecule has 0 amide bonds. The molecule has 0 N–H and O–H groups in total. The van der Waals surface area contributed by atoms with Crippen molar-refractivity contribution in [1.29, 1.82) is 0 Å². The highest BCUT2D eigenvalue weighted by atomic mass is 28.2. The van der Waals surface area contributed by atoms with Crippen molar-refractivity contribution < 1.29 is 70.3 Å². The minimum atomic E-state index is -4.58. The van der Waals surface area contributed by atoms with Crippen LogP contribution in [-0.2, 0) is 9.84 Å². The van der Waals surface area contributed by atoms with Crippen molar-refractivity contribution in [3.05, 3.63) is 104 Å². The van der Waals surface area contributed by atoms with E-state index in [0.29, 0.717) is 0 Å². The summed E-state index contributed by atoms with van der Waals surface area (Å²) in [6, 6.07) is 0. The van der Waals surface area contributed by atoms with Gasteiger partial charge in [-0.05, 0) is 0 Å². The molecular weight excluding hydrogens is 569 g/mol. The summed E-state index contributed by atoms with van der Waals surface area (Å²) in [6.07, 6.45) is 0. The van der Waals surface area contributed by atoms with Gasteiger partial charge in [0.2, 0.25) is 17.5 Å². The molecule has 3 rings (SSSR count). The SMILES string of the molecule is Fc1c(F)c(F)c(C(CO[SiH3])(c2c(F)c(F)c(F)c(F)c2F)c2c(F)c(F)c(F)c(F)c2F)c(F)c1F. The van der Waals surface area contributed by atoms with E-state index in [-0.39, 0.29) is 0 Å². The Morgan fingerprint density at radius 3 is 0.676 bits per heavy atom. The first kappa shape index (κ1) is 28.4. The van der Waals surface area contributed by atoms with Crippen LogP contribution < -0.4 is 0 Å². The highest BCUT2D eigenvalue weighted by Gasteiger charge is 2.53. The van der Waals surface area contributed by atoms with Crippen LogP contribution in [0.1, 0.15) is 16.7 Å². The van der Waals surface area contributed by atoms with Gasteiger partial charge >= 0.3 is 0 Å². The Bertz CT molecular complexity index is 1200. The van der Waals surface area contributed by atoms with Crippen molar-refractivity contribution in [3.63, 3.8) is 0 Å². The molecule has 0 aromatic heterocycles. The van der Waals surface area contributed by atoms with E-state index >= 15 is 0 Å². The molecule has 0 heterocycles. The molecule has 0 fully saturated rings. The lowest BCUT2D eigenvalue weighted by atomic mass is 9.68. The molecule has 0 radical (unpaired) electrons. The molecule has 0 saturated heterocycles. The molecule has 0 aliphatic heterocycles. The minimum Gasteiger partial charge on any atom is -0.426 e. The number of benzene rings is 3. The third kappa shape index (κ3) is 3.77. The summed E-state index contributed by atoms with van der Waals surface area (Å²) in [5, 5.41) is 0. The van der Waals surface area contributed by atoms with Gasteiger partial charge in [-0.3, -0.25) is 0 Å². The van der Waals surface area contributed by atoms with Crippen LogP contribution in [0.25, 0.3) is 0 Å². The smallest absolute Gasteiger partial charge is 0.200 e. The Morgan fingerprint density at radius 1 is 0.351 bits per heavy atom. The minimum absolute atomic E-state index is 0.825. The zero-order valence-corrected chi connectivity index (χ0v) is 19.3. The van der Waals surface area contributed by atoms with Crippen molar-refractivity contribution in [2.24, 2.45) is 0 Å². The Morgan fingerprint density at radius 2 is 0.514 bits per heavy atom. The fourth-order valence-corrected chi connectivity index (χ4v) is 4.18. The summed E-state index contributed by atoms with van der Waals surface area (Å²) >= 11 is 0. The summed E-state index contributed by atoms with van der Waals surface area (Å²) in [4.78, 5) is 0. The van der Waals surface area contributed by atoms with Crippen molar-refractivity contribution >= 4 is 10.5 Å². The Balaban J connectivity index is 2.86. The average Bonchev–Trinajstić information content (AvgIpc) is 2.86. The van der Waals surface area contributed by atoms with Crippen molar-refractivity contribution in [2.45, 2.75) is 5.41 Å². The monoisotopic (exact) mass is 574 g/mol. The zero-order chi connectivity index (χ0) is 28.3. The molecule has 0 aliphatic rings. The fraction of sp³-hybridized carbons (Fsp3) is 0.100. The summed E-state index contributed by atoms with van der Waals surface area (Å²) in [5.74, 6) is -45.8. The van der Waals surface area contributed by atoms with Crippen molar-refractivity contribution in [3.8, 4) is 0 Å². The fourth-order valence-electron chi connectivity index (χ4n) is 3.75. The standard InChI is InChI=1S/C20H5F15OSi/c21-5-2(6(22)12(28)17(33)11(5)27)20(1-36-37,3-7(23)13(29)18(34)14(30)8(3)24)4-9(25)15(31)19(35)16(32)10(4)26/h1H2,37H3. The van der Waals surface area contributed by atoms with Gasteiger partial charge in [-0.15, -0.1) is 0 Å². The van der Waals surface area contributed by atoms with Crippen molar-refractivity contribution in [2.75, 3.05) is 6.61 Å². The van der Waals surface area contributed by atoms with Gasteiger partial charge in [-0.1, -0.05) is 0 Å². The predicted molar refractivity (Wildman–Crippen MR) is 94.5 cm³/mol. The van der Waals surface area contributed by atoms with Gasteiger partial charge in [0.1, 0.15) is 10.5 Å². The molecule has 0 atom stereocenters. The third-order valence-corrected chi connectivity index (χ3v) is 5.56. The van der Waals surface area contributed by atoms with Gasteiger partial charge in [0.15, 0.2) is 69.8 Å². The van der Waals surface area contributed by atoms with Crippen LogP contribution in [0, 0.1) is 87.3 Å². The topological polar surface area (TPSA) is 9.23 Å². The van der Waals surface area contributed by atoms with Gasteiger partial charge in [0.25, 0.3) is 0 Å². The van der Waals surface area contributed by atoms with E-state index in [1.165, 1.54) is 0 Å². The maximum atomic E-state index is 14.9. The van der Waals surface area contributed by atoms with E-state index < -0.39 is 126 Å². The number of hydrogen-bond donors (Lipinski definition) is 0. The second-order valence-corrected chi connectivity index (χ2v) is 7.75.